The number of hydrogen-bond acceptors (Lipinski definition) is 8. The number of sulfonamides is 2. The minimum atomic E-state index is -7.54. The average molecular weight is 844 g/mol. The van der Waals surface area contributed by atoms with Crippen LogP contribution in [0.1, 0.15) is 20.7 Å². The van der Waals surface area contributed by atoms with E-state index in [1.807, 2.05) is 0 Å². The second kappa shape index (κ2) is 14.5. The van der Waals surface area contributed by atoms with E-state index in [2.05, 4.69) is 9.47 Å². The number of hydrogen-bond donors (Lipinski definition) is 0. The third-order valence-electron chi connectivity index (χ3n) is 6.34. The van der Waals surface area contributed by atoms with Gasteiger partial charge in [0.15, 0.2) is 0 Å². The van der Waals surface area contributed by atoms with Crippen LogP contribution in [0, 0.1) is 0 Å². The largest absolute Gasteiger partial charge is 0.461 e. The molecule has 0 saturated heterocycles. The number of alkyl halides is 18. The van der Waals surface area contributed by atoms with Crippen molar-refractivity contribution in [1.82, 2.24) is 8.61 Å². The predicted molar refractivity (Wildman–Crippen MR) is 132 cm³/mol. The van der Waals surface area contributed by atoms with Gasteiger partial charge in [0, 0.05) is 27.2 Å². The molecule has 0 heterocycles. The Labute approximate surface area is 278 Å². The molecule has 0 amide bonds. The van der Waals surface area contributed by atoms with E-state index >= 15 is 0 Å². The van der Waals surface area contributed by atoms with E-state index in [4.69, 9.17) is 0 Å². The van der Waals surface area contributed by atoms with Crippen molar-refractivity contribution in [1.29, 1.82) is 0 Å². The zero-order valence-corrected chi connectivity index (χ0v) is 26.6. The van der Waals surface area contributed by atoms with Crippen LogP contribution in [-0.2, 0) is 29.5 Å². The molecule has 302 valence electrons. The summed E-state index contributed by atoms with van der Waals surface area (Å²) in [5, 5.41) is -14.1. The topological polar surface area (TPSA) is 127 Å². The van der Waals surface area contributed by atoms with E-state index in [0.29, 0.717) is 24.3 Å². The maximum absolute atomic E-state index is 13.9. The lowest BCUT2D eigenvalue weighted by Gasteiger charge is -2.34. The number of nitrogens with zero attached hydrogens (tertiary/aromatic N) is 2. The van der Waals surface area contributed by atoms with Gasteiger partial charge in [-0.2, -0.15) is 87.6 Å². The first-order chi connectivity index (χ1) is 22.8. The van der Waals surface area contributed by atoms with Gasteiger partial charge in [0.2, 0.25) is 0 Å². The summed E-state index contributed by atoms with van der Waals surface area (Å²) in [7, 11) is -14.0. The molecule has 1 aromatic rings. The lowest BCUT2D eigenvalue weighted by Crippen LogP contribution is -2.65. The Hall–Kier alpha value is -3.28. The van der Waals surface area contributed by atoms with Crippen LogP contribution in [0.2, 0.25) is 0 Å². The Morgan fingerprint density at radius 2 is 0.731 bits per heavy atom. The SMILES string of the molecule is CN(CCOC(=O)c1ccc(C(=O)OCCN(C)S(=O)(=O)C(F)(F)C(F)(F)C(F)(F)C(F)(F)F)cc1)S(=O)(=O)C(F)(F)C(F)(F)C(F)(F)C(F)(F)F. The molecule has 0 bridgehead atoms. The molecular formula is C22H18F18N2O8S2. The van der Waals surface area contributed by atoms with Gasteiger partial charge in [0.05, 0.1) is 11.1 Å². The number of likely N-dealkylation sites (N-methyl/N-ethyl adjacent to an activating group) is 2. The van der Waals surface area contributed by atoms with Gasteiger partial charge < -0.3 is 9.47 Å². The van der Waals surface area contributed by atoms with Crippen LogP contribution >= 0.6 is 0 Å². The van der Waals surface area contributed by atoms with E-state index in [-0.39, 0.29) is 14.1 Å². The van der Waals surface area contributed by atoms with E-state index in [1.165, 1.54) is 0 Å². The summed E-state index contributed by atoms with van der Waals surface area (Å²) in [5.41, 5.74) is -1.21. The number of benzene rings is 1. The normalized spacial score (nSPS) is 14.9. The highest BCUT2D eigenvalue weighted by molar-refractivity contribution is 7.90. The van der Waals surface area contributed by atoms with E-state index in [9.17, 15) is 105 Å². The molecule has 0 fully saturated rings. The summed E-state index contributed by atoms with van der Waals surface area (Å²) in [6.07, 6.45) is -14.7. The number of ether oxygens (including phenoxy) is 2. The lowest BCUT2D eigenvalue weighted by atomic mass is 10.1. The van der Waals surface area contributed by atoms with Crippen LogP contribution in [-0.4, -0.2) is 124 Å². The standard InChI is InChI=1S/C22H18F18N2O8S2/c1-41(51(45,46)21(37,38)17(27,28)15(23,24)19(31,32)33)7-9-49-13(43)11-3-5-12(6-4-11)14(44)50-10-8-42(2)52(47,48)22(39,40)18(29,30)16(25,26)20(34,35)36/h3-6H,7-10H2,1-2H3. The fourth-order valence-corrected chi connectivity index (χ4v) is 5.44. The number of halogens is 18. The zero-order valence-electron chi connectivity index (χ0n) is 24.9. The highest BCUT2D eigenvalue weighted by Gasteiger charge is 2.87. The Bertz CT molecular complexity index is 1560. The van der Waals surface area contributed by atoms with Crippen molar-refractivity contribution in [3.05, 3.63) is 35.4 Å². The Morgan fingerprint density at radius 3 is 0.942 bits per heavy atom. The third-order valence-corrected chi connectivity index (χ3v) is 10.2. The summed E-state index contributed by atoms with van der Waals surface area (Å²) in [6, 6.07) is 2.70. The summed E-state index contributed by atoms with van der Waals surface area (Å²) < 4.78 is 290. The highest BCUT2D eigenvalue weighted by atomic mass is 32.2. The van der Waals surface area contributed by atoms with Crippen molar-refractivity contribution in [2.24, 2.45) is 0 Å². The summed E-state index contributed by atoms with van der Waals surface area (Å²) >= 11 is 0. The molecule has 0 atom stereocenters. The van der Waals surface area contributed by atoms with Crippen LogP contribution < -0.4 is 0 Å². The van der Waals surface area contributed by atoms with Gasteiger partial charge >= 0.3 is 58.5 Å². The Balaban J connectivity index is 2.88. The summed E-state index contributed by atoms with van der Waals surface area (Å²) in [4.78, 5) is 24.2. The van der Waals surface area contributed by atoms with Gasteiger partial charge in [-0.15, -0.1) is 0 Å². The van der Waals surface area contributed by atoms with Gasteiger partial charge in [-0.25, -0.2) is 26.4 Å². The van der Waals surface area contributed by atoms with Crippen LogP contribution in [0.3, 0.4) is 0 Å². The smallest absolute Gasteiger partial charge is 0.460 e. The molecule has 0 aromatic heterocycles. The monoisotopic (exact) mass is 844 g/mol. The first-order valence-electron chi connectivity index (χ1n) is 12.6. The molecule has 0 unspecified atom stereocenters. The summed E-state index contributed by atoms with van der Waals surface area (Å²) in [6.45, 7) is -5.77. The first kappa shape index (κ1) is 46.7. The van der Waals surface area contributed by atoms with E-state index in [1.54, 1.807) is 0 Å². The van der Waals surface area contributed by atoms with Crippen molar-refractivity contribution in [2.75, 3.05) is 40.4 Å². The fourth-order valence-electron chi connectivity index (χ4n) is 3.12. The number of esters is 2. The van der Waals surface area contributed by atoms with Crippen molar-refractivity contribution >= 4 is 32.0 Å². The van der Waals surface area contributed by atoms with Crippen molar-refractivity contribution < 1.29 is 115 Å². The molecule has 0 spiro atoms. The van der Waals surface area contributed by atoms with Gasteiger partial charge in [0.1, 0.15) is 13.2 Å². The fraction of sp³-hybridized carbons (Fsp3) is 0.636. The quantitative estimate of drug-likeness (QED) is 0.161. The molecular weight excluding hydrogens is 826 g/mol. The van der Waals surface area contributed by atoms with Gasteiger partial charge in [-0.05, 0) is 24.3 Å². The van der Waals surface area contributed by atoms with Gasteiger partial charge in [-0.3, -0.25) is 0 Å². The van der Waals surface area contributed by atoms with Crippen LogP contribution in [0.5, 0.6) is 0 Å². The van der Waals surface area contributed by atoms with Crippen LogP contribution in [0.15, 0.2) is 24.3 Å². The molecule has 1 rings (SSSR count). The van der Waals surface area contributed by atoms with E-state index < -0.39 is 125 Å². The second-order valence-electron chi connectivity index (χ2n) is 9.83. The first-order valence-corrected chi connectivity index (χ1v) is 15.5. The molecule has 0 N–H and O–H groups in total. The van der Waals surface area contributed by atoms with Crippen LogP contribution in [0.4, 0.5) is 79.0 Å². The molecule has 10 nitrogen and oxygen atoms in total. The maximum Gasteiger partial charge on any atom is 0.460 e. The molecule has 0 radical (unpaired) electrons. The Kier molecular flexibility index (Phi) is 13.0. The molecule has 1 aromatic carbocycles. The van der Waals surface area contributed by atoms with Crippen LogP contribution in [0.25, 0.3) is 0 Å². The number of carbonyl (C=O) groups is 2. The maximum atomic E-state index is 13.9. The zero-order chi connectivity index (χ0) is 41.5. The minimum Gasteiger partial charge on any atom is -0.461 e. The van der Waals surface area contributed by atoms with Gasteiger partial charge in [0.25, 0.3) is 20.0 Å². The highest BCUT2D eigenvalue weighted by Crippen LogP contribution is 2.56. The van der Waals surface area contributed by atoms with Crippen molar-refractivity contribution in [3.8, 4) is 0 Å². The van der Waals surface area contributed by atoms with Crippen molar-refractivity contribution in [3.63, 3.8) is 0 Å². The van der Waals surface area contributed by atoms with Crippen molar-refractivity contribution in [2.45, 2.75) is 46.6 Å². The average Bonchev–Trinajstić information content (AvgIpc) is 2.98. The number of carbonyl (C=O) groups excluding carboxylic acids is 2. The lowest BCUT2D eigenvalue weighted by molar-refractivity contribution is -0.382. The summed E-state index contributed by atoms with van der Waals surface area (Å²) in [5.74, 6) is -33.2. The van der Waals surface area contributed by atoms with Gasteiger partial charge in [-0.1, -0.05) is 0 Å². The molecule has 0 aliphatic rings. The Morgan fingerprint density at radius 1 is 0.500 bits per heavy atom. The second-order valence-corrected chi connectivity index (χ2v) is 14.0. The minimum absolute atomic E-state index is 0.0136. The molecule has 0 aliphatic carbocycles. The third kappa shape index (κ3) is 7.97. The number of rotatable bonds is 16. The molecule has 52 heavy (non-hydrogen) atoms. The predicted octanol–water partition coefficient (Wildman–Crippen LogP) is 5.37. The molecule has 0 saturated carbocycles. The molecule has 0 aliphatic heterocycles. The van der Waals surface area contributed by atoms with E-state index in [0.717, 1.165) is 0 Å². The molecule has 30 heteroatoms.